The molecule has 0 aliphatic heterocycles. The number of esters is 1. The molecule has 1 N–H and O–H groups in total. The molecule has 0 saturated heterocycles. The monoisotopic (exact) mass is 367 g/mol. The number of nitrogens with zero attached hydrogens (tertiary/aromatic N) is 2. The fraction of sp³-hybridized carbons (Fsp3) is 0.476. The molecule has 0 spiro atoms. The lowest BCUT2D eigenvalue weighted by atomic mass is 9.94. The van der Waals surface area contributed by atoms with E-state index in [0.717, 1.165) is 23.2 Å². The first-order valence-corrected chi connectivity index (χ1v) is 9.77. The van der Waals surface area contributed by atoms with Crippen molar-refractivity contribution in [3.63, 3.8) is 0 Å². The summed E-state index contributed by atoms with van der Waals surface area (Å²) in [6.07, 6.45) is 7.47. The molecular weight excluding hydrogens is 342 g/mol. The number of carbonyl (C=O) groups is 2. The molecule has 1 aromatic carbocycles. The molecule has 2 saturated carbocycles. The second-order valence-electron chi connectivity index (χ2n) is 7.51. The highest BCUT2D eigenvalue weighted by atomic mass is 16.5. The molecule has 1 amide bonds. The van der Waals surface area contributed by atoms with Crippen LogP contribution in [-0.4, -0.2) is 28.3 Å². The number of anilines is 1. The van der Waals surface area contributed by atoms with Crippen LogP contribution in [-0.2, 0) is 9.53 Å². The van der Waals surface area contributed by atoms with Gasteiger partial charge in [-0.05, 0) is 74.6 Å². The SMILES string of the molecule is CCOC(=O)c1ccn(-c2cccc(NC(=O)CC(C3CC3)C3CC3)c2)n1. The Balaban J connectivity index is 1.41. The van der Waals surface area contributed by atoms with E-state index in [1.54, 1.807) is 23.9 Å². The molecule has 0 radical (unpaired) electrons. The summed E-state index contributed by atoms with van der Waals surface area (Å²) >= 11 is 0. The molecule has 0 bridgehead atoms. The van der Waals surface area contributed by atoms with Crippen LogP contribution in [0.15, 0.2) is 36.5 Å². The van der Waals surface area contributed by atoms with Crippen LogP contribution in [0.4, 0.5) is 5.69 Å². The highest BCUT2D eigenvalue weighted by Gasteiger charge is 2.42. The Morgan fingerprint density at radius 2 is 1.96 bits per heavy atom. The second-order valence-corrected chi connectivity index (χ2v) is 7.51. The first kappa shape index (κ1) is 17.8. The molecule has 2 aliphatic rings. The standard InChI is InChI=1S/C21H25N3O3/c1-2-27-21(26)19-10-11-24(23-19)17-5-3-4-16(12-17)22-20(25)13-18(14-6-7-14)15-8-9-15/h3-5,10-12,14-15,18H,2,6-9,13H2,1H3,(H,22,25). The van der Waals surface area contributed by atoms with E-state index >= 15 is 0 Å². The van der Waals surface area contributed by atoms with Crippen LogP contribution in [0, 0.1) is 17.8 Å². The molecule has 6 heteroatoms. The van der Waals surface area contributed by atoms with Crippen LogP contribution in [0.25, 0.3) is 5.69 Å². The Morgan fingerprint density at radius 1 is 1.22 bits per heavy atom. The van der Waals surface area contributed by atoms with E-state index in [-0.39, 0.29) is 11.6 Å². The first-order chi connectivity index (χ1) is 13.1. The molecule has 27 heavy (non-hydrogen) atoms. The number of hydrogen-bond acceptors (Lipinski definition) is 4. The number of hydrogen-bond donors (Lipinski definition) is 1. The third kappa shape index (κ3) is 4.38. The van der Waals surface area contributed by atoms with Crippen molar-refractivity contribution in [3.8, 4) is 5.69 Å². The van der Waals surface area contributed by atoms with Crippen molar-refractivity contribution < 1.29 is 14.3 Å². The molecule has 4 rings (SSSR count). The first-order valence-electron chi connectivity index (χ1n) is 9.77. The van der Waals surface area contributed by atoms with Gasteiger partial charge in [-0.1, -0.05) is 6.07 Å². The van der Waals surface area contributed by atoms with Gasteiger partial charge in [-0.3, -0.25) is 4.79 Å². The minimum Gasteiger partial charge on any atom is -0.461 e. The summed E-state index contributed by atoms with van der Waals surface area (Å²) in [6.45, 7) is 2.08. The van der Waals surface area contributed by atoms with Crippen molar-refractivity contribution in [2.24, 2.45) is 17.8 Å². The van der Waals surface area contributed by atoms with Crippen LogP contribution in [0.5, 0.6) is 0 Å². The maximum Gasteiger partial charge on any atom is 0.358 e. The average molecular weight is 367 g/mol. The topological polar surface area (TPSA) is 73.2 Å². The highest BCUT2D eigenvalue weighted by Crippen LogP contribution is 2.50. The van der Waals surface area contributed by atoms with Crippen LogP contribution in [0.1, 0.15) is 49.5 Å². The van der Waals surface area contributed by atoms with Crippen molar-refractivity contribution >= 4 is 17.6 Å². The van der Waals surface area contributed by atoms with E-state index in [0.29, 0.717) is 18.9 Å². The van der Waals surface area contributed by atoms with Gasteiger partial charge in [-0.25, -0.2) is 9.48 Å². The maximum absolute atomic E-state index is 12.5. The van der Waals surface area contributed by atoms with E-state index < -0.39 is 5.97 Å². The summed E-state index contributed by atoms with van der Waals surface area (Å²) in [7, 11) is 0. The number of amides is 1. The van der Waals surface area contributed by atoms with Crippen molar-refractivity contribution in [1.29, 1.82) is 0 Å². The summed E-state index contributed by atoms with van der Waals surface area (Å²) in [5.41, 5.74) is 1.79. The van der Waals surface area contributed by atoms with Gasteiger partial charge in [0.1, 0.15) is 0 Å². The molecule has 2 aliphatic carbocycles. The molecule has 2 fully saturated rings. The van der Waals surface area contributed by atoms with E-state index in [9.17, 15) is 9.59 Å². The zero-order valence-electron chi connectivity index (χ0n) is 15.6. The van der Waals surface area contributed by atoms with Gasteiger partial charge in [0.2, 0.25) is 5.91 Å². The third-order valence-electron chi connectivity index (χ3n) is 5.34. The van der Waals surface area contributed by atoms with Crippen LogP contribution in [0.2, 0.25) is 0 Å². The van der Waals surface area contributed by atoms with Gasteiger partial charge >= 0.3 is 5.97 Å². The molecule has 1 aromatic heterocycles. The Bertz CT molecular complexity index is 825. The fourth-order valence-corrected chi connectivity index (χ4v) is 3.70. The molecular formula is C21H25N3O3. The Labute approximate surface area is 158 Å². The second kappa shape index (κ2) is 7.55. The van der Waals surface area contributed by atoms with Crippen LogP contribution < -0.4 is 5.32 Å². The molecule has 142 valence electrons. The summed E-state index contributed by atoms with van der Waals surface area (Å²) in [6, 6.07) is 9.12. The largest absolute Gasteiger partial charge is 0.461 e. The normalized spacial score (nSPS) is 16.4. The average Bonchev–Trinajstić information content (AvgIpc) is 3.59. The van der Waals surface area contributed by atoms with Gasteiger partial charge in [0, 0.05) is 18.3 Å². The maximum atomic E-state index is 12.5. The number of nitrogens with one attached hydrogen (secondary N) is 1. The van der Waals surface area contributed by atoms with E-state index in [2.05, 4.69) is 10.4 Å². The van der Waals surface area contributed by atoms with Crippen LogP contribution in [0.3, 0.4) is 0 Å². The number of ether oxygens (including phenoxy) is 1. The third-order valence-corrected chi connectivity index (χ3v) is 5.34. The molecule has 6 nitrogen and oxygen atoms in total. The lowest BCUT2D eigenvalue weighted by molar-refractivity contribution is -0.117. The highest BCUT2D eigenvalue weighted by molar-refractivity contribution is 5.91. The van der Waals surface area contributed by atoms with Gasteiger partial charge in [0.05, 0.1) is 12.3 Å². The van der Waals surface area contributed by atoms with Gasteiger partial charge in [-0.2, -0.15) is 5.10 Å². The van der Waals surface area contributed by atoms with Gasteiger partial charge < -0.3 is 10.1 Å². The Kier molecular flexibility index (Phi) is 4.97. The lowest BCUT2D eigenvalue weighted by Gasteiger charge is -2.15. The van der Waals surface area contributed by atoms with Crippen molar-refractivity contribution in [2.75, 3.05) is 11.9 Å². The minimum absolute atomic E-state index is 0.0867. The van der Waals surface area contributed by atoms with Crippen LogP contribution >= 0.6 is 0 Å². The summed E-state index contributed by atoms with van der Waals surface area (Å²) in [4.78, 5) is 24.3. The number of rotatable bonds is 8. The Hall–Kier alpha value is -2.63. The van der Waals surface area contributed by atoms with Gasteiger partial charge in [-0.15, -0.1) is 0 Å². The van der Waals surface area contributed by atoms with Gasteiger partial charge in [0.15, 0.2) is 5.69 Å². The van der Waals surface area contributed by atoms with E-state index in [1.165, 1.54) is 25.7 Å². The summed E-state index contributed by atoms with van der Waals surface area (Å²) in [5.74, 6) is 1.74. The zero-order valence-corrected chi connectivity index (χ0v) is 15.6. The number of aromatic nitrogens is 2. The number of carbonyl (C=O) groups excluding carboxylic acids is 2. The van der Waals surface area contributed by atoms with Crippen molar-refractivity contribution in [1.82, 2.24) is 9.78 Å². The Morgan fingerprint density at radius 3 is 2.63 bits per heavy atom. The number of benzene rings is 1. The molecule has 1 heterocycles. The molecule has 2 aromatic rings. The summed E-state index contributed by atoms with van der Waals surface area (Å²) < 4.78 is 6.58. The lowest BCUT2D eigenvalue weighted by Crippen LogP contribution is -2.19. The van der Waals surface area contributed by atoms with E-state index in [1.807, 2.05) is 24.3 Å². The smallest absolute Gasteiger partial charge is 0.358 e. The minimum atomic E-state index is -0.438. The van der Waals surface area contributed by atoms with Crippen molar-refractivity contribution in [2.45, 2.75) is 39.0 Å². The van der Waals surface area contributed by atoms with Gasteiger partial charge in [0.25, 0.3) is 0 Å². The predicted octanol–water partition coefficient (Wildman–Crippen LogP) is 3.81. The quantitative estimate of drug-likeness (QED) is 0.720. The molecule has 0 unspecified atom stereocenters. The van der Waals surface area contributed by atoms with Crippen molar-refractivity contribution in [3.05, 3.63) is 42.2 Å². The van der Waals surface area contributed by atoms with E-state index in [4.69, 9.17) is 4.74 Å². The predicted molar refractivity (Wildman–Crippen MR) is 102 cm³/mol. The zero-order chi connectivity index (χ0) is 18.8. The fourth-order valence-electron chi connectivity index (χ4n) is 3.70. The molecule has 0 atom stereocenters. The summed E-state index contributed by atoms with van der Waals surface area (Å²) in [5, 5.41) is 7.29.